The predicted octanol–water partition coefficient (Wildman–Crippen LogP) is 5.88. The molecule has 0 saturated carbocycles. The highest BCUT2D eigenvalue weighted by atomic mass is 32.1. The summed E-state index contributed by atoms with van der Waals surface area (Å²) in [7, 11) is 1.60. The normalized spacial score (nSPS) is 11.1. The van der Waals surface area contributed by atoms with Gasteiger partial charge in [0.25, 0.3) is 0 Å². The van der Waals surface area contributed by atoms with Crippen LogP contribution in [-0.4, -0.2) is 21.9 Å². The van der Waals surface area contributed by atoms with Crippen molar-refractivity contribution >= 4 is 39.6 Å². The Morgan fingerprint density at radius 3 is 2.60 bits per heavy atom. The van der Waals surface area contributed by atoms with Gasteiger partial charge in [0, 0.05) is 17.1 Å². The number of nitrogens with zero attached hydrogens (tertiary/aromatic N) is 3. The number of azo groups is 1. The Kier molecular flexibility index (Phi) is 5.72. The number of benzene rings is 3. The van der Waals surface area contributed by atoms with E-state index >= 15 is 0 Å². The predicted molar refractivity (Wildman–Crippen MR) is 123 cm³/mol. The Morgan fingerprint density at radius 1 is 1.03 bits per heavy atom. The lowest BCUT2D eigenvalue weighted by Crippen LogP contribution is -2.04. The Hall–Kier alpha value is -3.71. The lowest BCUT2D eigenvalue weighted by molar-refractivity contribution is 0.415. The van der Waals surface area contributed by atoms with Crippen LogP contribution in [0, 0.1) is 0 Å². The standard InChI is InChI=1S/C23H20N4O2S/c1-29-18-11-7-10-17(14-18)24-23(30)26-25-21-19-12-5-6-13-20(19)27(22(21)28)15-16-8-3-2-4-9-16/h2-14,28H,15H2,1H3,(H,24,30). The summed E-state index contributed by atoms with van der Waals surface area (Å²) in [6, 6.07) is 25.0. The van der Waals surface area contributed by atoms with Gasteiger partial charge in [-0.25, -0.2) is 0 Å². The molecule has 7 heteroatoms. The van der Waals surface area contributed by atoms with Crippen molar-refractivity contribution in [3.8, 4) is 11.6 Å². The molecule has 0 aliphatic rings. The molecule has 0 atom stereocenters. The van der Waals surface area contributed by atoms with Gasteiger partial charge in [0.15, 0.2) is 5.69 Å². The summed E-state index contributed by atoms with van der Waals surface area (Å²) in [4.78, 5) is 0. The Bertz CT molecular complexity index is 1220. The molecule has 0 aliphatic carbocycles. The molecule has 0 unspecified atom stereocenters. The SMILES string of the molecule is COc1cccc(NC(=S)N=Nc2c(O)n(Cc3ccccc3)c3ccccc23)c1. The summed E-state index contributed by atoms with van der Waals surface area (Å²) in [5.41, 5.74) is 3.08. The molecule has 0 saturated heterocycles. The molecule has 0 radical (unpaired) electrons. The van der Waals surface area contributed by atoms with Gasteiger partial charge in [0.2, 0.25) is 11.0 Å². The van der Waals surface area contributed by atoms with E-state index in [1.54, 1.807) is 7.11 Å². The summed E-state index contributed by atoms with van der Waals surface area (Å²) < 4.78 is 7.03. The molecule has 0 amide bonds. The first-order valence-electron chi connectivity index (χ1n) is 9.36. The van der Waals surface area contributed by atoms with Crippen molar-refractivity contribution in [2.24, 2.45) is 10.2 Å². The number of anilines is 1. The summed E-state index contributed by atoms with van der Waals surface area (Å²) in [5, 5.41) is 23.2. The Morgan fingerprint density at radius 2 is 1.80 bits per heavy atom. The average molecular weight is 417 g/mol. The number of para-hydroxylation sites is 1. The van der Waals surface area contributed by atoms with Gasteiger partial charge in [0.1, 0.15) is 5.75 Å². The van der Waals surface area contributed by atoms with Crippen molar-refractivity contribution in [1.82, 2.24) is 4.57 Å². The molecule has 6 nitrogen and oxygen atoms in total. The quantitative estimate of drug-likeness (QED) is 0.315. The largest absolute Gasteiger partial charge is 0.497 e. The molecule has 0 bridgehead atoms. The molecule has 30 heavy (non-hydrogen) atoms. The number of hydrogen-bond donors (Lipinski definition) is 2. The molecule has 4 aromatic rings. The van der Waals surface area contributed by atoms with Gasteiger partial charge in [-0.2, -0.15) is 0 Å². The zero-order valence-corrected chi connectivity index (χ0v) is 17.1. The van der Waals surface area contributed by atoms with E-state index in [0.29, 0.717) is 18.0 Å². The highest BCUT2D eigenvalue weighted by Crippen LogP contribution is 2.39. The topological polar surface area (TPSA) is 71.1 Å². The molecule has 2 N–H and O–H groups in total. The highest BCUT2D eigenvalue weighted by Gasteiger charge is 2.16. The van der Waals surface area contributed by atoms with Crippen LogP contribution in [0.15, 0.2) is 89.1 Å². The van der Waals surface area contributed by atoms with Crippen molar-refractivity contribution < 1.29 is 9.84 Å². The average Bonchev–Trinajstić information content (AvgIpc) is 3.04. The molecule has 0 aliphatic heterocycles. The number of aromatic hydroxyl groups is 1. The summed E-state index contributed by atoms with van der Waals surface area (Å²) >= 11 is 5.29. The smallest absolute Gasteiger partial charge is 0.221 e. The second kappa shape index (κ2) is 8.75. The molecule has 150 valence electrons. The first-order chi connectivity index (χ1) is 14.7. The number of fused-ring (bicyclic) bond motifs is 1. The van der Waals surface area contributed by atoms with Gasteiger partial charge >= 0.3 is 0 Å². The number of nitrogens with one attached hydrogen (secondary N) is 1. The molecular formula is C23H20N4O2S. The minimum Gasteiger partial charge on any atom is -0.497 e. The first kappa shape index (κ1) is 19.6. The third-order valence-corrected chi connectivity index (χ3v) is 4.85. The van der Waals surface area contributed by atoms with E-state index in [2.05, 4.69) is 15.5 Å². The van der Waals surface area contributed by atoms with Crippen molar-refractivity contribution in [2.75, 3.05) is 12.4 Å². The maximum Gasteiger partial charge on any atom is 0.221 e. The van der Waals surface area contributed by atoms with Crippen LogP contribution < -0.4 is 10.1 Å². The van der Waals surface area contributed by atoms with Crippen LogP contribution in [-0.2, 0) is 6.54 Å². The monoisotopic (exact) mass is 416 g/mol. The number of rotatable bonds is 5. The second-order valence-corrected chi connectivity index (χ2v) is 7.01. The van der Waals surface area contributed by atoms with Gasteiger partial charge in [-0.15, -0.1) is 10.2 Å². The second-order valence-electron chi connectivity index (χ2n) is 6.62. The van der Waals surface area contributed by atoms with Crippen molar-refractivity contribution in [1.29, 1.82) is 0 Å². The number of aromatic nitrogens is 1. The van der Waals surface area contributed by atoms with Crippen LogP contribution in [0.4, 0.5) is 11.4 Å². The minimum atomic E-state index is 0.0491. The van der Waals surface area contributed by atoms with E-state index in [-0.39, 0.29) is 11.0 Å². The molecule has 4 rings (SSSR count). The zero-order chi connectivity index (χ0) is 20.9. The Labute approximate surface area is 179 Å². The van der Waals surface area contributed by atoms with Crippen molar-refractivity contribution in [3.05, 3.63) is 84.4 Å². The third-order valence-electron chi connectivity index (χ3n) is 4.66. The van der Waals surface area contributed by atoms with Crippen molar-refractivity contribution in [2.45, 2.75) is 6.54 Å². The van der Waals surface area contributed by atoms with Gasteiger partial charge in [0.05, 0.1) is 19.2 Å². The van der Waals surface area contributed by atoms with E-state index in [1.165, 1.54) is 0 Å². The van der Waals surface area contributed by atoms with Crippen LogP contribution in [0.3, 0.4) is 0 Å². The van der Waals surface area contributed by atoms with E-state index < -0.39 is 0 Å². The van der Waals surface area contributed by atoms with Crippen LogP contribution in [0.1, 0.15) is 5.56 Å². The highest BCUT2D eigenvalue weighted by molar-refractivity contribution is 7.80. The van der Waals surface area contributed by atoms with Gasteiger partial charge in [-0.3, -0.25) is 0 Å². The van der Waals surface area contributed by atoms with E-state index in [9.17, 15) is 5.11 Å². The molecule has 0 spiro atoms. The summed E-state index contributed by atoms with van der Waals surface area (Å²) in [6.07, 6.45) is 0. The van der Waals surface area contributed by atoms with Gasteiger partial charge in [-0.05, 0) is 36.0 Å². The van der Waals surface area contributed by atoms with Gasteiger partial charge < -0.3 is 19.7 Å². The number of hydrogen-bond acceptors (Lipinski definition) is 4. The maximum atomic E-state index is 10.9. The summed E-state index contributed by atoms with van der Waals surface area (Å²) in [6.45, 7) is 0.523. The summed E-state index contributed by atoms with van der Waals surface area (Å²) in [5.74, 6) is 0.759. The fraction of sp³-hybridized carbons (Fsp3) is 0.0870. The Balaban J connectivity index is 1.62. The number of thiocarbonyl (C=S) groups is 1. The van der Waals surface area contributed by atoms with E-state index in [0.717, 1.165) is 22.2 Å². The van der Waals surface area contributed by atoms with E-state index in [1.807, 2.05) is 83.4 Å². The van der Waals surface area contributed by atoms with Crippen molar-refractivity contribution in [3.63, 3.8) is 0 Å². The third kappa shape index (κ3) is 4.16. The van der Waals surface area contributed by atoms with E-state index in [4.69, 9.17) is 17.0 Å². The fourth-order valence-corrected chi connectivity index (χ4v) is 3.40. The van der Waals surface area contributed by atoms with Gasteiger partial charge in [-0.1, -0.05) is 54.6 Å². The molecule has 0 fully saturated rings. The number of ether oxygens (including phenoxy) is 1. The van der Waals surface area contributed by atoms with Crippen LogP contribution >= 0.6 is 12.2 Å². The lowest BCUT2D eigenvalue weighted by atomic mass is 10.2. The number of methoxy groups -OCH3 is 1. The lowest BCUT2D eigenvalue weighted by Gasteiger charge is -2.07. The molecule has 3 aromatic carbocycles. The zero-order valence-electron chi connectivity index (χ0n) is 16.3. The van der Waals surface area contributed by atoms with Crippen LogP contribution in [0.25, 0.3) is 10.9 Å². The molecule has 1 heterocycles. The fourth-order valence-electron chi connectivity index (χ4n) is 3.24. The molecular weight excluding hydrogens is 396 g/mol. The van der Waals surface area contributed by atoms with Crippen LogP contribution in [0.5, 0.6) is 11.6 Å². The minimum absolute atomic E-state index is 0.0491. The maximum absolute atomic E-state index is 10.9. The van der Waals surface area contributed by atoms with Crippen LogP contribution in [0.2, 0.25) is 0 Å². The first-order valence-corrected chi connectivity index (χ1v) is 9.77. The molecule has 1 aromatic heterocycles.